The Labute approximate surface area is 191 Å². The average Bonchev–Trinajstić information content (AvgIpc) is 2.69. The third-order valence-corrected chi connectivity index (χ3v) is 5.64. The van der Waals surface area contributed by atoms with Crippen LogP contribution in [0.1, 0.15) is 21.5 Å². The van der Waals surface area contributed by atoms with E-state index in [-0.39, 0.29) is 10.6 Å². The standard InChI is InChI=1S/C21H15BrCl3NO3/c22-14-2-6-20(29-11-12-1-4-18(24)19(25)7-12)13(8-14)10-26-15-3-5-17(23)16(9-15)21(27)28/h1-9,26H,10-11H2,(H,27,28). The smallest absolute Gasteiger partial charge is 0.337 e. The van der Waals surface area contributed by atoms with E-state index in [2.05, 4.69) is 21.2 Å². The van der Waals surface area contributed by atoms with Gasteiger partial charge >= 0.3 is 5.97 Å². The van der Waals surface area contributed by atoms with Crippen molar-refractivity contribution in [2.45, 2.75) is 13.2 Å². The highest BCUT2D eigenvalue weighted by atomic mass is 79.9. The van der Waals surface area contributed by atoms with E-state index in [1.54, 1.807) is 24.3 Å². The number of carbonyl (C=O) groups is 1. The highest BCUT2D eigenvalue weighted by Gasteiger charge is 2.11. The van der Waals surface area contributed by atoms with Gasteiger partial charge in [0.2, 0.25) is 0 Å². The molecule has 150 valence electrons. The lowest BCUT2D eigenvalue weighted by Crippen LogP contribution is -2.05. The zero-order valence-electron chi connectivity index (χ0n) is 14.9. The van der Waals surface area contributed by atoms with Gasteiger partial charge in [-0.1, -0.05) is 56.8 Å². The van der Waals surface area contributed by atoms with E-state index in [1.165, 1.54) is 6.07 Å². The quantitative estimate of drug-likeness (QED) is 0.347. The second-order valence-electron chi connectivity index (χ2n) is 6.14. The molecule has 0 spiro atoms. The summed E-state index contributed by atoms with van der Waals surface area (Å²) < 4.78 is 6.87. The molecule has 0 aliphatic rings. The monoisotopic (exact) mass is 513 g/mol. The van der Waals surface area contributed by atoms with E-state index in [9.17, 15) is 9.90 Å². The number of hydrogen-bond acceptors (Lipinski definition) is 3. The van der Waals surface area contributed by atoms with Crippen molar-refractivity contribution in [1.29, 1.82) is 0 Å². The van der Waals surface area contributed by atoms with Crippen molar-refractivity contribution >= 4 is 62.4 Å². The van der Waals surface area contributed by atoms with Crippen LogP contribution in [0.3, 0.4) is 0 Å². The summed E-state index contributed by atoms with van der Waals surface area (Å²) in [5, 5.41) is 13.6. The minimum Gasteiger partial charge on any atom is -0.489 e. The fourth-order valence-corrected chi connectivity index (χ4v) is 3.54. The summed E-state index contributed by atoms with van der Waals surface area (Å²) in [5.41, 5.74) is 2.47. The van der Waals surface area contributed by atoms with Crippen molar-refractivity contribution in [3.05, 3.63) is 90.8 Å². The second kappa shape index (κ2) is 9.72. The van der Waals surface area contributed by atoms with Gasteiger partial charge in [-0.15, -0.1) is 0 Å². The van der Waals surface area contributed by atoms with Gasteiger partial charge in [0, 0.05) is 22.3 Å². The molecular formula is C21H15BrCl3NO3. The average molecular weight is 516 g/mol. The van der Waals surface area contributed by atoms with E-state index in [1.807, 2.05) is 24.3 Å². The summed E-state index contributed by atoms with van der Waals surface area (Å²) in [4.78, 5) is 11.3. The first-order chi connectivity index (χ1) is 13.8. The number of hydrogen-bond donors (Lipinski definition) is 2. The predicted octanol–water partition coefficient (Wildman–Crippen LogP) is 7.30. The van der Waals surface area contributed by atoms with Gasteiger partial charge in [0.15, 0.2) is 0 Å². The molecule has 0 atom stereocenters. The van der Waals surface area contributed by atoms with Crippen LogP contribution in [-0.2, 0) is 13.2 Å². The summed E-state index contributed by atoms with van der Waals surface area (Å²) in [6, 6.07) is 15.8. The zero-order chi connectivity index (χ0) is 21.0. The van der Waals surface area contributed by atoms with E-state index >= 15 is 0 Å². The van der Waals surface area contributed by atoms with E-state index in [0.29, 0.717) is 34.6 Å². The zero-order valence-corrected chi connectivity index (χ0v) is 18.7. The summed E-state index contributed by atoms with van der Waals surface area (Å²) in [6.07, 6.45) is 0. The maximum absolute atomic E-state index is 11.3. The molecule has 0 aliphatic heterocycles. The Balaban J connectivity index is 1.74. The van der Waals surface area contributed by atoms with Crippen LogP contribution < -0.4 is 10.1 Å². The lowest BCUT2D eigenvalue weighted by atomic mass is 10.1. The number of halogens is 4. The molecule has 4 nitrogen and oxygen atoms in total. The van der Waals surface area contributed by atoms with Gasteiger partial charge in [0.05, 0.1) is 20.6 Å². The number of ether oxygens (including phenoxy) is 1. The molecule has 8 heteroatoms. The van der Waals surface area contributed by atoms with Crippen LogP contribution in [0.5, 0.6) is 5.75 Å². The maximum atomic E-state index is 11.3. The van der Waals surface area contributed by atoms with E-state index in [0.717, 1.165) is 15.6 Å². The Kier molecular flexibility index (Phi) is 7.30. The summed E-state index contributed by atoms with van der Waals surface area (Å²) in [5.74, 6) is -0.383. The molecule has 0 saturated heterocycles. The van der Waals surface area contributed by atoms with Gasteiger partial charge in [-0.25, -0.2) is 4.79 Å². The first kappa shape index (κ1) is 21.8. The highest BCUT2D eigenvalue weighted by Crippen LogP contribution is 2.28. The fraction of sp³-hybridized carbons (Fsp3) is 0.0952. The lowest BCUT2D eigenvalue weighted by Gasteiger charge is -2.14. The molecule has 2 N–H and O–H groups in total. The van der Waals surface area contributed by atoms with E-state index < -0.39 is 5.97 Å². The highest BCUT2D eigenvalue weighted by molar-refractivity contribution is 9.10. The van der Waals surface area contributed by atoms with Crippen LogP contribution in [-0.4, -0.2) is 11.1 Å². The summed E-state index contributed by atoms with van der Waals surface area (Å²) in [7, 11) is 0. The molecule has 0 saturated carbocycles. The van der Waals surface area contributed by atoms with Crippen LogP contribution in [0.25, 0.3) is 0 Å². The number of carboxylic acids is 1. The van der Waals surface area contributed by atoms with Crippen molar-refractivity contribution < 1.29 is 14.6 Å². The third kappa shape index (κ3) is 5.80. The molecule has 3 aromatic carbocycles. The Bertz CT molecular complexity index is 1060. The van der Waals surface area contributed by atoms with E-state index in [4.69, 9.17) is 39.5 Å². The summed E-state index contributed by atoms with van der Waals surface area (Å²) >= 11 is 21.4. The van der Waals surface area contributed by atoms with Crippen molar-refractivity contribution in [2.24, 2.45) is 0 Å². The first-order valence-electron chi connectivity index (χ1n) is 8.45. The topological polar surface area (TPSA) is 58.6 Å². The molecule has 3 rings (SSSR count). The van der Waals surface area contributed by atoms with Gasteiger partial charge < -0.3 is 15.2 Å². The molecule has 0 amide bonds. The summed E-state index contributed by atoms with van der Waals surface area (Å²) in [6.45, 7) is 0.756. The molecule has 0 aromatic heterocycles. The molecule has 0 bridgehead atoms. The Morgan fingerprint density at radius 2 is 1.72 bits per heavy atom. The van der Waals surface area contributed by atoms with Gasteiger partial charge in [-0.2, -0.15) is 0 Å². The van der Waals surface area contributed by atoms with Gasteiger partial charge in [-0.05, 0) is 54.1 Å². The molecular weight excluding hydrogens is 500 g/mol. The van der Waals surface area contributed by atoms with Crippen molar-refractivity contribution in [1.82, 2.24) is 0 Å². The number of carboxylic acid groups (broad SMARTS) is 1. The normalized spacial score (nSPS) is 10.6. The predicted molar refractivity (Wildman–Crippen MR) is 121 cm³/mol. The number of aromatic carboxylic acids is 1. The number of benzene rings is 3. The van der Waals surface area contributed by atoms with Crippen LogP contribution >= 0.6 is 50.7 Å². The minimum absolute atomic E-state index is 0.0435. The largest absolute Gasteiger partial charge is 0.489 e. The Hall–Kier alpha value is -1.92. The first-order valence-corrected chi connectivity index (χ1v) is 10.4. The number of anilines is 1. The fourth-order valence-electron chi connectivity index (χ4n) is 2.61. The molecule has 0 unspecified atom stereocenters. The van der Waals surface area contributed by atoms with Crippen molar-refractivity contribution in [3.8, 4) is 5.75 Å². The third-order valence-electron chi connectivity index (χ3n) is 4.08. The van der Waals surface area contributed by atoms with Crippen LogP contribution in [0.2, 0.25) is 15.1 Å². The van der Waals surface area contributed by atoms with Crippen molar-refractivity contribution in [3.63, 3.8) is 0 Å². The Morgan fingerprint density at radius 1 is 0.966 bits per heavy atom. The number of rotatable bonds is 7. The second-order valence-corrected chi connectivity index (χ2v) is 8.28. The SMILES string of the molecule is O=C(O)c1cc(NCc2cc(Br)ccc2OCc2ccc(Cl)c(Cl)c2)ccc1Cl. The molecule has 0 radical (unpaired) electrons. The molecule has 0 heterocycles. The number of nitrogens with one attached hydrogen (secondary N) is 1. The van der Waals surface area contributed by atoms with Gasteiger partial charge in [-0.3, -0.25) is 0 Å². The van der Waals surface area contributed by atoms with Crippen LogP contribution in [0.15, 0.2) is 59.1 Å². The molecule has 3 aromatic rings. The lowest BCUT2D eigenvalue weighted by molar-refractivity contribution is 0.0697. The molecule has 0 fully saturated rings. The minimum atomic E-state index is -1.08. The van der Waals surface area contributed by atoms with Gasteiger partial charge in [0.1, 0.15) is 12.4 Å². The molecule has 29 heavy (non-hydrogen) atoms. The van der Waals surface area contributed by atoms with Crippen LogP contribution in [0.4, 0.5) is 5.69 Å². The maximum Gasteiger partial charge on any atom is 0.337 e. The van der Waals surface area contributed by atoms with Gasteiger partial charge in [0.25, 0.3) is 0 Å². The Morgan fingerprint density at radius 3 is 2.45 bits per heavy atom. The van der Waals surface area contributed by atoms with Crippen molar-refractivity contribution in [2.75, 3.05) is 5.32 Å². The van der Waals surface area contributed by atoms with Crippen LogP contribution in [0, 0.1) is 0 Å². The molecule has 0 aliphatic carbocycles.